The van der Waals surface area contributed by atoms with Crippen molar-refractivity contribution in [3.63, 3.8) is 0 Å². The zero-order valence-electron chi connectivity index (χ0n) is 18.9. The van der Waals surface area contributed by atoms with Crippen molar-refractivity contribution < 1.29 is 34.2 Å². The number of Topliss-reactive ketones (excluding diaryl/α,β-unsaturated/α-hetero) is 2. The molecule has 182 valence electrons. The minimum atomic E-state index is -0.859. The Morgan fingerprint density at radius 2 is 2.09 bits per heavy atom. The second-order valence-corrected chi connectivity index (χ2v) is 8.89. The van der Waals surface area contributed by atoms with Crippen molar-refractivity contribution in [1.29, 1.82) is 5.41 Å². The lowest BCUT2D eigenvalue weighted by Crippen LogP contribution is -2.39. The van der Waals surface area contributed by atoms with Crippen LogP contribution in [0.15, 0.2) is 41.0 Å². The number of allylic oxidation sites excluding steroid dienone is 1. The molecule has 1 aliphatic heterocycles. The lowest BCUT2D eigenvalue weighted by Gasteiger charge is -2.23. The molecule has 11 heteroatoms. The summed E-state index contributed by atoms with van der Waals surface area (Å²) in [6, 6.07) is 2.99. The molecule has 3 rings (SSSR count). The number of esters is 1. The fourth-order valence-electron chi connectivity index (χ4n) is 3.83. The van der Waals surface area contributed by atoms with Gasteiger partial charge in [-0.25, -0.2) is 4.79 Å². The Balaban J connectivity index is 1.72. The first-order chi connectivity index (χ1) is 16.3. The Morgan fingerprint density at radius 1 is 1.32 bits per heavy atom. The van der Waals surface area contributed by atoms with Gasteiger partial charge in [-0.2, -0.15) is 0 Å². The molecule has 2 aliphatic rings. The summed E-state index contributed by atoms with van der Waals surface area (Å²) in [7, 11) is 0. The summed E-state index contributed by atoms with van der Waals surface area (Å²) < 4.78 is 10.3. The van der Waals surface area contributed by atoms with Crippen molar-refractivity contribution in [2.75, 3.05) is 32.1 Å². The van der Waals surface area contributed by atoms with Gasteiger partial charge < -0.3 is 19.5 Å². The maximum absolute atomic E-state index is 13.0. The number of phenols is 1. The molecule has 34 heavy (non-hydrogen) atoms. The minimum Gasteiger partial charge on any atom is -0.506 e. The average Bonchev–Trinajstić information content (AvgIpc) is 3.22. The number of rotatable bonds is 10. The van der Waals surface area contributed by atoms with E-state index in [1.54, 1.807) is 29.6 Å². The number of phenolic OH excluding ortho intramolecular Hbond substituents is 1. The lowest BCUT2D eigenvalue weighted by atomic mass is 9.83. The SMILES string of the molecule is CCOC(=O)COc1ccc(C(=O)CN2C=C3C=CC(C(=N)NO)C(=O)C3C2)c(O)c1SCC. The quantitative estimate of drug-likeness (QED) is 0.0961. The van der Waals surface area contributed by atoms with E-state index in [9.17, 15) is 19.5 Å². The van der Waals surface area contributed by atoms with Gasteiger partial charge in [-0.1, -0.05) is 19.1 Å². The van der Waals surface area contributed by atoms with Crippen LogP contribution in [0.4, 0.5) is 0 Å². The van der Waals surface area contributed by atoms with E-state index in [2.05, 4.69) is 0 Å². The van der Waals surface area contributed by atoms with E-state index in [1.807, 2.05) is 6.92 Å². The highest BCUT2D eigenvalue weighted by Crippen LogP contribution is 2.40. The highest BCUT2D eigenvalue weighted by atomic mass is 32.2. The monoisotopic (exact) mass is 489 g/mol. The Hall–Kier alpha value is -3.31. The number of ether oxygens (including phenoxy) is 2. The van der Waals surface area contributed by atoms with E-state index >= 15 is 0 Å². The molecule has 1 heterocycles. The van der Waals surface area contributed by atoms with Crippen molar-refractivity contribution >= 4 is 35.1 Å². The zero-order chi connectivity index (χ0) is 24.8. The molecule has 1 aliphatic carbocycles. The van der Waals surface area contributed by atoms with Crippen LogP contribution in [0.2, 0.25) is 0 Å². The molecule has 0 amide bonds. The summed E-state index contributed by atoms with van der Waals surface area (Å²) in [5, 5.41) is 27.4. The first kappa shape index (κ1) is 25.3. The number of nitrogens with zero attached hydrogens (tertiary/aromatic N) is 1. The Bertz CT molecular complexity index is 1050. The number of hydroxylamine groups is 1. The molecule has 0 spiro atoms. The minimum absolute atomic E-state index is 0.0612. The third kappa shape index (κ3) is 5.42. The van der Waals surface area contributed by atoms with Crippen LogP contribution in [0.5, 0.6) is 11.5 Å². The highest BCUT2D eigenvalue weighted by Gasteiger charge is 2.38. The number of fused-ring (bicyclic) bond motifs is 1. The maximum atomic E-state index is 13.0. The second kappa shape index (κ2) is 11.2. The molecule has 10 nitrogen and oxygen atoms in total. The molecule has 0 radical (unpaired) electrons. The van der Waals surface area contributed by atoms with E-state index in [1.165, 1.54) is 30.0 Å². The van der Waals surface area contributed by atoms with Gasteiger partial charge in [0.1, 0.15) is 17.3 Å². The van der Waals surface area contributed by atoms with Gasteiger partial charge >= 0.3 is 5.97 Å². The molecule has 1 aromatic rings. The summed E-state index contributed by atoms with van der Waals surface area (Å²) in [6.07, 6.45) is 4.98. The summed E-state index contributed by atoms with van der Waals surface area (Å²) in [5.41, 5.74) is 2.56. The van der Waals surface area contributed by atoms with Crippen molar-refractivity contribution in [1.82, 2.24) is 10.4 Å². The normalized spacial score (nSPS) is 18.9. The van der Waals surface area contributed by atoms with Gasteiger partial charge in [-0.15, -0.1) is 11.8 Å². The van der Waals surface area contributed by atoms with Gasteiger partial charge in [0, 0.05) is 12.7 Å². The number of thioether (sulfide) groups is 1. The van der Waals surface area contributed by atoms with Crippen LogP contribution < -0.4 is 10.2 Å². The molecular formula is C23H27N3O7S. The molecule has 0 fully saturated rings. The Labute approximate surface area is 201 Å². The van der Waals surface area contributed by atoms with Crippen molar-refractivity contribution in [2.24, 2.45) is 11.8 Å². The standard InChI is InChI=1S/C23H27N3O7S/c1-3-32-19(28)12-33-18-8-7-14(21(30)22(18)34-4-2)17(27)11-26-9-13-5-6-15(23(24)25-31)20(29)16(13)10-26/h5-9,15-16,30-31H,3-4,10-12H2,1-2H3,(H2,24,25). The highest BCUT2D eigenvalue weighted by molar-refractivity contribution is 7.99. The third-order valence-corrected chi connectivity index (χ3v) is 6.37. The van der Waals surface area contributed by atoms with E-state index in [4.69, 9.17) is 20.1 Å². The van der Waals surface area contributed by atoms with Crippen LogP contribution in [-0.4, -0.2) is 70.6 Å². The molecule has 1 aromatic carbocycles. The number of hydrogen-bond donors (Lipinski definition) is 4. The number of nitrogens with one attached hydrogen (secondary N) is 2. The van der Waals surface area contributed by atoms with Crippen LogP contribution in [0.3, 0.4) is 0 Å². The molecule has 0 saturated carbocycles. The van der Waals surface area contributed by atoms with Gasteiger partial charge in [0.25, 0.3) is 0 Å². The average molecular weight is 490 g/mol. The van der Waals surface area contributed by atoms with Gasteiger partial charge in [-0.05, 0) is 30.4 Å². The van der Waals surface area contributed by atoms with E-state index in [0.29, 0.717) is 10.6 Å². The summed E-state index contributed by atoms with van der Waals surface area (Å²) in [4.78, 5) is 39.4. The smallest absolute Gasteiger partial charge is 0.344 e. The number of carbonyl (C=O) groups excluding carboxylic acids is 3. The lowest BCUT2D eigenvalue weighted by molar-refractivity contribution is -0.145. The molecule has 2 unspecified atom stereocenters. The van der Waals surface area contributed by atoms with Gasteiger partial charge in [-0.3, -0.25) is 25.7 Å². The fourth-order valence-corrected chi connectivity index (χ4v) is 4.63. The number of amidine groups is 1. The predicted molar refractivity (Wildman–Crippen MR) is 124 cm³/mol. The number of benzene rings is 1. The Kier molecular flexibility index (Phi) is 8.35. The molecule has 0 saturated heterocycles. The number of aromatic hydroxyl groups is 1. The van der Waals surface area contributed by atoms with Crippen molar-refractivity contribution in [2.45, 2.75) is 18.7 Å². The van der Waals surface area contributed by atoms with E-state index in [-0.39, 0.29) is 60.8 Å². The van der Waals surface area contributed by atoms with Crippen LogP contribution in [0.25, 0.3) is 0 Å². The molecule has 2 atom stereocenters. The van der Waals surface area contributed by atoms with Gasteiger partial charge in [0.15, 0.2) is 18.2 Å². The fraction of sp³-hybridized carbons (Fsp3) is 0.391. The van der Waals surface area contributed by atoms with E-state index < -0.39 is 17.8 Å². The summed E-state index contributed by atoms with van der Waals surface area (Å²) in [5.74, 6) is -2.11. The van der Waals surface area contributed by atoms with Gasteiger partial charge in [0.05, 0.1) is 35.4 Å². The molecular weight excluding hydrogens is 462 g/mol. The first-order valence-corrected chi connectivity index (χ1v) is 11.8. The number of hydrogen-bond acceptors (Lipinski definition) is 10. The van der Waals surface area contributed by atoms with Crippen molar-refractivity contribution in [3.8, 4) is 11.5 Å². The maximum Gasteiger partial charge on any atom is 0.344 e. The van der Waals surface area contributed by atoms with Crippen molar-refractivity contribution in [3.05, 3.63) is 41.6 Å². The number of ketones is 2. The third-order valence-electron chi connectivity index (χ3n) is 5.40. The zero-order valence-corrected chi connectivity index (χ0v) is 19.7. The first-order valence-electron chi connectivity index (χ1n) is 10.8. The topological polar surface area (TPSA) is 149 Å². The largest absolute Gasteiger partial charge is 0.506 e. The Morgan fingerprint density at radius 3 is 2.76 bits per heavy atom. The second-order valence-electron chi connectivity index (χ2n) is 7.61. The summed E-state index contributed by atoms with van der Waals surface area (Å²) >= 11 is 1.28. The number of carbonyl (C=O) groups is 3. The summed E-state index contributed by atoms with van der Waals surface area (Å²) in [6.45, 7) is 3.69. The van der Waals surface area contributed by atoms with Gasteiger partial charge in [0.2, 0.25) is 0 Å². The molecule has 4 N–H and O–H groups in total. The van der Waals surface area contributed by atoms with Crippen LogP contribution in [0, 0.1) is 17.2 Å². The van der Waals surface area contributed by atoms with E-state index in [0.717, 1.165) is 5.57 Å². The van der Waals surface area contributed by atoms with Crippen LogP contribution in [0.1, 0.15) is 24.2 Å². The molecule has 0 aromatic heterocycles. The van der Waals surface area contributed by atoms with Crippen LogP contribution in [-0.2, 0) is 14.3 Å². The predicted octanol–water partition coefficient (Wildman–Crippen LogP) is 2.16. The van der Waals surface area contributed by atoms with Crippen LogP contribution >= 0.6 is 11.8 Å². The molecule has 0 bridgehead atoms.